The lowest BCUT2D eigenvalue weighted by Gasteiger charge is -1.99. The van der Waals surface area contributed by atoms with Gasteiger partial charge in [0.1, 0.15) is 0 Å². The third-order valence-electron chi connectivity index (χ3n) is 2.16. The van der Waals surface area contributed by atoms with E-state index in [9.17, 15) is 9.59 Å². The van der Waals surface area contributed by atoms with Crippen LogP contribution in [0.2, 0.25) is 0 Å². The van der Waals surface area contributed by atoms with Gasteiger partial charge in [0.2, 0.25) is 5.91 Å². The van der Waals surface area contributed by atoms with Gasteiger partial charge >= 0.3 is 6.09 Å². The Kier molecular flexibility index (Phi) is 4.64. The molecule has 9 heteroatoms. The number of rotatable bonds is 4. The summed E-state index contributed by atoms with van der Waals surface area (Å²) < 4.78 is 4.46. The molecule has 0 saturated heterocycles. The summed E-state index contributed by atoms with van der Waals surface area (Å²) in [6, 6.07) is 0. The van der Waals surface area contributed by atoms with E-state index >= 15 is 0 Å². The molecule has 0 aromatic carbocycles. The van der Waals surface area contributed by atoms with E-state index in [-0.39, 0.29) is 12.3 Å². The van der Waals surface area contributed by atoms with Crippen molar-refractivity contribution in [2.24, 2.45) is 0 Å². The predicted molar refractivity (Wildman–Crippen MR) is 77.3 cm³/mol. The quantitative estimate of drug-likeness (QED) is 0.903. The number of thiazole rings is 2. The molecule has 0 unspecified atom stereocenters. The standard InChI is InChI=1S/C11H12N4O3S2/c1-6-4-12-9(20-6)14-8(16)3-7-5-19-10(13-7)15-11(17)18-2/h4-5H,3H2,1-2H3,(H,12,14,16)(H,13,15,17). The summed E-state index contributed by atoms with van der Waals surface area (Å²) in [4.78, 5) is 32.0. The van der Waals surface area contributed by atoms with E-state index in [4.69, 9.17) is 0 Å². The first-order valence-electron chi connectivity index (χ1n) is 5.58. The number of hydrogen-bond donors (Lipinski definition) is 2. The number of carbonyl (C=O) groups excluding carboxylic acids is 2. The van der Waals surface area contributed by atoms with Gasteiger partial charge in [-0.1, -0.05) is 0 Å². The van der Waals surface area contributed by atoms with Crippen molar-refractivity contribution in [3.8, 4) is 0 Å². The Morgan fingerprint density at radius 3 is 2.80 bits per heavy atom. The Labute approximate surface area is 123 Å². The van der Waals surface area contributed by atoms with Crippen molar-refractivity contribution >= 4 is 44.9 Å². The van der Waals surface area contributed by atoms with E-state index in [0.717, 1.165) is 4.88 Å². The molecule has 0 aliphatic rings. The molecule has 0 bridgehead atoms. The Hall–Kier alpha value is -2.00. The Balaban J connectivity index is 1.89. The number of carbonyl (C=O) groups is 2. The number of ether oxygens (including phenoxy) is 1. The van der Waals surface area contributed by atoms with Gasteiger partial charge in [-0.15, -0.1) is 22.7 Å². The van der Waals surface area contributed by atoms with Gasteiger partial charge in [0, 0.05) is 16.5 Å². The van der Waals surface area contributed by atoms with Gasteiger partial charge in [-0.3, -0.25) is 10.1 Å². The van der Waals surface area contributed by atoms with Crippen LogP contribution < -0.4 is 10.6 Å². The van der Waals surface area contributed by atoms with Gasteiger partial charge in [0.25, 0.3) is 0 Å². The maximum atomic E-state index is 11.8. The molecule has 7 nitrogen and oxygen atoms in total. The minimum Gasteiger partial charge on any atom is -0.453 e. The molecule has 0 atom stereocenters. The molecule has 2 N–H and O–H groups in total. The minimum atomic E-state index is -0.589. The summed E-state index contributed by atoms with van der Waals surface area (Å²) in [6.45, 7) is 1.92. The van der Waals surface area contributed by atoms with Gasteiger partial charge in [-0.25, -0.2) is 14.8 Å². The first kappa shape index (κ1) is 14.4. The molecular weight excluding hydrogens is 300 g/mol. The molecule has 20 heavy (non-hydrogen) atoms. The number of methoxy groups -OCH3 is 1. The Morgan fingerprint density at radius 1 is 1.35 bits per heavy atom. The SMILES string of the molecule is COC(=O)Nc1nc(CC(=O)Nc2ncc(C)s2)cs1. The first-order chi connectivity index (χ1) is 9.56. The van der Waals surface area contributed by atoms with Crippen LogP contribution in [0.4, 0.5) is 15.1 Å². The number of nitrogens with one attached hydrogen (secondary N) is 2. The zero-order valence-corrected chi connectivity index (χ0v) is 12.4. The van der Waals surface area contributed by atoms with E-state index in [1.807, 2.05) is 6.92 Å². The van der Waals surface area contributed by atoms with Crippen LogP contribution in [0.3, 0.4) is 0 Å². The molecule has 2 aromatic heterocycles. The Morgan fingerprint density at radius 2 is 2.15 bits per heavy atom. The van der Waals surface area contributed by atoms with Gasteiger partial charge < -0.3 is 10.1 Å². The van der Waals surface area contributed by atoms with Crippen molar-refractivity contribution in [1.29, 1.82) is 0 Å². The predicted octanol–water partition coefficient (Wildman–Crippen LogP) is 2.27. The largest absolute Gasteiger partial charge is 0.453 e. The van der Waals surface area contributed by atoms with E-state index < -0.39 is 6.09 Å². The molecular formula is C11H12N4O3S2. The second kappa shape index (κ2) is 6.44. The van der Waals surface area contributed by atoms with Crippen LogP contribution >= 0.6 is 22.7 Å². The smallest absolute Gasteiger partial charge is 0.413 e. The highest BCUT2D eigenvalue weighted by Crippen LogP contribution is 2.18. The second-order valence-corrected chi connectivity index (χ2v) is 5.85. The Bertz CT molecular complexity index is 623. The number of hydrogen-bond acceptors (Lipinski definition) is 7. The fourth-order valence-corrected chi connectivity index (χ4v) is 2.70. The lowest BCUT2D eigenvalue weighted by Crippen LogP contribution is -2.15. The number of nitrogens with zero attached hydrogens (tertiary/aromatic N) is 2. The second-order valence-electron chi connectivity index (χ2n) is 3.76. The summed E-state index contributed by atoms with van der Waals surface area (Å²) in [5.41, 5.74) is 0.576. The summed E-state index contributed by atoms with van der Waals surface area (Å²) >= 11 is 2.64. The van der Waals surface area contributed by atoms with Crippen LogP contribution in [0.5, 0.6) is 0 Å². The van der Waals surface area contributed by atoms with Crippen molar-refractivity contribution < 1.29 is 14.3 Å². The van der Waals surface area contributed by atoms with Crippen LogP contribution in [0.1, 0.15) is 10.6 Å². The minimum absolute atomic E-state index is 0.123. The average molecular weight is 312 g/mol. The maximum Gasteiger partial charge on any atom is 0.413 e. The highest BCUT2D eigenvalue weighted by Gasteiger charge is 2.11. The van der Waals surface area contributed by atoms with Crippen molar-refractivity contribution in [3.05, 3.63) is 22.1 Å². The van der Waals surface area contributed by atoms with E-state index in [1.54, 1.807) is 11.6 Å². The van der Waals surface area contributed by atoms with E-state index in [1.165, 1.54) is 29.8 Å². The van der Waals surface area contributed by atoms with Gasteiger partial charge in [0.15, 0.2) is 10.3 Å². The van der Waals surface area contributed by atoms with E-state index in [2.05, 4.69) is 25.3 Å². The summed E-state index contributed by atoms with van der Waals surface area (Å²) in [6.07, 6.45) is 1.23. The first-order valence-corrected chi connectivity index (χ1v) is 7.28. The fraction of sp³-hybridized carbons (Fsp3) is 0.273. The van der Waals surface area contributed by atoms with Gasteiger partial charge in [0.05, 0.1) is 19.2 Å². The van der Waals surface area contributed by atoms with Crippen LogP contribution in [-0.4, -0.2) is 29.1 Å². The molecule has 2 heterocycles. The van der Waals surface area contributed by atoms with Crippen LogP contribution in [0, 0.1) is 6.92 Å². The summed E-state index contributed by atoms with van der Waals surface area (Å²) in [5.74, 6) is -0.200. The maximum absolute atomic E-state index is 11.8. The van der Waals surface area contributed by atoms with Crippen molar-refractivity contribution in [2.45, 2.75) is 13.3 Å². The molecule has 0 saturated carbocycles. The number of aromatic nitrogens is 2. The summed E-state index contributed by atoms with van der Waals surface area (Å²) in [7, 11) is 1.27. The number of amides is 2. The average Bonchev–Trinajstić information content (AvgIpc) is 2.99. The van der Waals surface area contributed by atoms with E-state index in [0.29, 0.717) is 16.0 Å². The molecule has 2 rings (SSSR count). The highest BCUT2D eigenvalue weighted by atomic mass is 32.1. The fourth-order valence-electron chi connectivity index (χ4n) is 1.32. The van der Waals surface area contributed by atoms with Crippen LogP contribution in [0.25, 0.3) is 0 Å². The number of anilines is 2. The third-order valence-corrected chi connectivity index (χ3v) is 3.79. The van der Waals surface area contributed by atoms with Crippen molar-refractivity contribution in [3.63, 3.8) is 0 Å². The molecule has 106 valence electrons. The molecule has 0 fully saturated rings. The topological polar surface area (TPSA) is 93.2 Å². The monoisotopic (exact) mass is 312 g/mol. The molecule has 0 aliphatic carbocycles. The number of aryl methyl sites for hydroxylation is 1. The highest BCUT2D eigenvalue weighted by molar-refractivity contribution is 7.15. The van der Waals surface area contributed by atoms with Crippen LogP contribution in [0.15, 0.2) is 11.6 Å². The zero-order chi connectivity index (χ0) is 14.5. The van der Waals surface area contributed by atoms with Crippen molar-refractivity contribution in [1.82, 2.24) is 9.97 Å². The normalized spacial score (nSPS) is 10.1. The summed E-state index contributed by atoms with van der Waals surface area (Å²) in [5, 5.41) is 7.80. The zero-order valence-electron chi connectivity index (χ0n) is 10.8. The molecule has 0 spiro atoms. The molecule has 0 radical (unpaired) electrons. The van der Waals surface area contributed by atoms with Gasteiger partial charge in [-0.05, 0) is 6.92 Å². The molecule has 0 aliphatic heterocycles. The molecule has 2 amide bonds. The van der Waals surface area contributed by atoms with Crippen LogP contribution in [-0.2, 0) is 16.0 Å². The lowest BCUT2D eigenvalue weighted by atomic mass is 10.3. The van der Waals surface area contributed by atoms with Crippen molar-refractivity contribution in [2.75, 3.05) is 17.7 Å². The van der Waals surface area contributed by atoms with Gasteiger partial charge in [-0.2, -0.15) is 0 Å². The molecule has 2 aromatic rings. The lowest BCUT2D eigenvalue weighted by molar-refractivity contribution is -0.115. The third kappa shape index (κ3) is 4.00.